The molecular weight excluding hydrogens is 781 g/mol. The molecule has 0 aliphatic carbocycles. The lowest BCUT2D eigenvalue weighted by Crippen LogP contribution is -2.42. The number of unbranched alkanes of at least 4 members (excludes halogenated alkanes) is 3. The standard InChI is InChI=1S/C35H66N4O13S3/c1-36-35(40)31-29-32(50-23-14-20-37(2,3)17-8-11-26-53(41,42)43)34(52-25-16-22-39(6,7)19-10-13-28-55(47,48)49)33(30-31)51-24-15-21-38(4,5)18-9-12-27-54(44,45)46/h29-30H,8-28H2,1-7H3,(H-3,36,40,41,42,43,44,45,46,47,48,49)/p+3. The Morgan fingerprint density at radius 3 is 1.11 bits per heavy atom. The van der Waals surface area contributed by atoms with E-state index in [2.05, 4.69) is 5.32 Å². The number of hydrogen-bond acceptors (Lipinski definition) is 10. The molecule has 1 amide bonds. The zero-order chi connectivity index (χ0) is 42.0. The summed E-state index contributed by atoms with van der Waals surface area (Å²) in [5.41, 5.74) is 0.326. The van der Waals surface area contributed by atoms with Crippen molar-refractivity contribution in [2.45, 2.75) is 57.8 Å². The van der Waals surface area contributed by atoms with Crippen molar-refractivity contribution in [2.75, 3.05) is 126 Å². The van der Waals surface area contributed by atoms with Crippen molar-refractivity contribution in [3.05, 3.63) is 17.7 Å². The van der Waals surface area contributed by atoms with Gasteiger partial charge in [-0.15, -0.1) is 0 Å². The highest BCUT2D eigenvalue weighted by Crippen LogP contribution is 2.39. The number of ether oxygens (including phenoxy) is 3. The van der Waals surface area contributed by atoms with Gasteiger partial charge in [0.2, 0.25) is 5.75 Å². The molecule has 0 fully saturated rings. The third-order valence-electron chi connectivity index (χ3n) is 9.24. The van der Waals surface area contributed by atoms with Gasteiger partial charge >= 0.3 is 0 Å². The van der Waals surface area contributed by atoms with E-state index < -0.39 is 30.4 Å². The third kappa shape index (κ3) is 25.5. The Balaban J connectivity index is 3.09. The van der Waals surface area contributed by atoms with Crippen molar-refractivity contribution in [1.82, 2.24) is 5.32 Å². The molecule has 0 atom stereocenters. The Morgan fingerprint density at radius 1 is 0.527 bits per heavy atom. The molecule has 0 saturated heterocycles. The van der Waals surface area contributed by atoms with Crippen LogP contribution >= 0.6 is 0 Å². The molecule has 1 aromatic carbocycles. The van der Waals surface area contributed by atoms with Crippen molar-refractivity contribution < 1.29 is 71.4 Å². The number of rotatable bonds is 31. The molecule has 0 aliphatic rings. The van der Waals surface area contributed by atoms with Gasteiger partial charge in [0.05, 0.1) is 119 Å². The van der Waals surface area contributed by atoms with Crippen LogP contribution < -0.4 is 19.5 Å². The monoisotopic (exact) mass is 849 g/mol. The van der Waals surface area contributed by atoms with E-state index in [-0.39, 0.29) is 23.2 Å². The van der Waals surface area contributed by atoms with Crippen molar-refractivity contribution in [3.63, 3.8) is 0 Å². The second-order valence-electron chi connectivity index (χ2n) is 16.1. The van der Waals surface area contributed by atoms with Gasteiger partial charge in [-0.05, 0) is 50.7 Å². The fourth-order valence-corrected chi connectivity index (χ4v) is 7.74. The normalized spacial score (nSPS) is 13.1. The number of amides is 1. The van der Waals surface area contributed by atoms with Crippen LogP contribution in [-0.4, -0.2) is 184 Å². The van der Waals surface area contributed by atoms with E-state index in [0.29, 0.717) is 134 Å². The van der Waals surface area contributed by atoms with Gasteiger partial charge in [-0.3, -0.25) is 18.5 Å². The molecule has 1 aromatic rings. The summed E-state index contributed by atoms with van der Waals surface area (Å²) in [4.78, 5) is 12.8. The van der Waals surface area contributed by atoms with E-state index in [1.54, 1.807) is 12.1 Å². The predicted molar refractivity (Wildman–Crippen MR) is 213 cm³/mol. The summed E-state index contributed by atoms with van der Waals surface area (Å²) in [6.45, 7) is 5.22. The highest BCUT2D eigenvalue weighted by atomic mass is 32.2. The molecule has 0 unspecified atom stereocenters. The first-order valence-corrected chi connectivity index (χ1v) is 23.7. The van der Waals surface area contributed by atoms with E-state index in [1.807, 2.05) is 42.3 Å². The Bertz CT molecular complexity index is 1570. The summed E-state index contributed by atoms with van der Waals surface area (Å²) in [7, 11) is 1.78. The lowest BCUT2D eigenvalue weighted by Gasteiger charge is -2.30. The molecule has 0 bridgehead atoms. The van der Waals surface area contributed by atoms with Gasteiger partial charge in [0, 0.05) is 31.9 Å². The van der Waals surface area contributed by atoms with E-state index in [4.69, 9.17) is 27.9 Å². The number of hydrogen-bond donors (Lipinski definition) is 4. The fraction of sp³-hybridized carbons (Fsp3) is 0.800. The number of nitrogens with one attached hydrogen (secondary N) is 1. The minimum Gasteiger partial charge on any atom is -0.489 e. The van der Waals surface area contributed by atoms with Crippen LogP contribution in [0.15, 0.2) is 12.1 Å². The maximum atomic E-state index is 12.8. The number of carbonyl (C=O) groups is 1. The molecule has 1 rings (SSSR count). The maximum Gasteiger partial charge on any atom is 0.264 e. The maximum absolute atomic E-state index is 12.8. The first kappa shape index (κ1) is 50.7. The zero-order valence-corrected chi connectivity index (χ0v) is 36.4. The lowest BCUT2D eigenvalue weighted by atomic mass is 10.1. The van der Waals surface area contributed by atoms with E-state index in [1.165, 1.54) is 7.05 Å². The van der Waals surface area contributed by atoms with Gasteiger partial charge < -0.3 is 33.0 Å². The fourth-order valence-electron chi connectivity index (χ4n) is 6.03. The molecular formula is C35H69N4O13S3+3. The number of quaternary nitrogens is 3. The number of benzene rings is 1. The summed E-state index contributed by atoms with van der Waals surface area (Å²) in [6.07, 6.45) is 4.92. The van der Waals surface area contributed by atoms with Gasteiger partial charge in [-0.1, -0.05) is 0 Å². The Kier molecular flexibility index (Phi) is 21.4. The van der Waals surface area contributed by atoms with Gasteiger partial charge in [0.15, 0.2) is 11.5 Å². The molecule has 4 N–H and O–H groups in total. The van der Waals surface area contributed by atoms with Crippen LogP contribution in [-0.2, 0) is 30.4 Å². The molecule has 0 aliphatic heterocycles. The third-order valence-corrected chi connectivity index (χ3v) is 11.7. The summed E-state index contributed by atoms with van der Waals surface area (Å²) in [6, 6.07) is 3.25. The van der Waals surface area contributed by atoms with Crippen molar-refractivity contribution in [1.29, 1.82) is 0 Å². The van der Waals surface area contributed by atoms with Crippen LogP contribution in [0.5, 0.6) is 17.2 Å². The Morgan fingerprint density at radius 2 is 0.818 bits per heavy atom. The summed E-state index contributed by atoms with van der Waals surface area (Å²) < 4.78 is 114. The van der Waals surface area contributed by atoms with E-state index in [0.717, 1.165) is 19.6 Å². The van der Waals surface area contributed by atoms with Gasteiger partial charge in [-0.2, -0.15) is 25.3 Å². The highest BCUT2D eigenvalue weighted by molar-refractivity contribution is 7.86. The van der Waals surface area contributed by atoms with Crippen molar-refractivity contribution in [2.24, 2.45) is 0 Å². The quantitative estimate of drug-likeness (QED) is 0.0481. The van der Waals surface area contributed by atoms with Crippen LogP contribution in [0.3, 0.4) is 0 Å². The molecule has 20 heteroatoms. The molecule has 0 aromatic heterocycles. The van der Waals surface area contributed by atoms with E-state index in [9.17, 15) is 30.0 Å². The molecule has 322 valence electrons. The SMILES string of the molecule is CNC(=O)c1cc(OCCC[N+](C)(C)CCCCS(=O)(=O)O)c(OCCC[N+](C)(C)CCCCS(=O)(=O)O)c(OCCC[N+](C)(C)CCCCS(=O)(=O)O)c1. The average molecular weight is 850 g/mol. The Hall–Kier alpha value is -2.30. The molecule has 0 radical (unpaired) electrons. The van der Waals surface area contributed by atoms with Crippen LogP contribution in [0.2, 0.25) is 0 Å². The van der Waals surface area contributed by atoms with Gasteiger partial charge in [-0.25, -0.2) is 0 Å². The van der Waals surface area contributed by atoms with Crippen LogP contribution in [0.1, 0.15) is 68.1 Å². The predicted octanol–water partition coefficient (Wildman–Crippen LogP) is 2.59. The summed E-state index contributed by atoms with van der Waals surface area (Å²) >= 11 is 0. The van der Waals surface area contributed by atoms with Gasteiger partial charge in [0.25, 0.3) is 36.3 Å². The van der Waals surface area contributed by atoms with Crippen LogP contribution in [0.25, 0.3) is 0 Å². The number of nitrogens with zero attached hydrogens (tertiary/aromatic N) is 3. The number of carbonyl (C=O) groups excluding carboxylic acids is 1. The summed E-state index contributed by atoms with van der Waals surface area (Å²) in [5.74, 6) is -0.0744. The van der Waals surface area contributed by atoms with Crippen LogP contribution in [0, 0.1) is 0 Å². The average Bonchev–Trinajstić information content (AvgIpc) is 3.04. The first-order chi connectivity index (χ1) is 25.2. The molecule has 0 spiro atoms. The minimum absolute atomic E-state index is 0.269. The molecule has 17 nitrogen and oxygen atoms in total. The molecule has 0 heterocycles. The first-order valence-electron chi connectivity index (χ1n) is 18.8. The second kappa shape index (κ2) is 23.2. The zero-order valence-electron chi connectivity index (χ0n) is 34.0. The summed E-state index contributed by atoms with van der Waals surface area (Å²) in [5, 5.41) is 2.64. The van der Waals surface area contributed by atoms with Gasteiger partial charge in [0.1, 0.15) is 0 Å². The molecule has 55 heavy (non-hydrogen) atoms. The van der Waals surface area contributed by atoms with Crippen molar-refractivity contribution in [3.8, 4) is 17.2 Å². The topological polar surface area (TPSA) is 220 Å². The van der Waals surface area contributed by atoms with Crippen LogP contribution in [0.4, 0.5) is 0 Å². The molecule has 0 saturated carbocycles. The highest BCUT2D eigenvalue weighted by Gasteiger charge is 2.22. The lowest BCUT2D eigenvalue weighted by molar-refractivity contribution is -0.890. The second-order valence-corrected chi connectivity index (χ2v) is 20.8. The Labute approximate surface area is 330 Å². The largest absolute Gasteiger partial charge is 0.489 e. The smallest absolute Gasteiger partial charge is 0.264 e. The van der Waals surface area contributed by atoms with Crippen molar-refractivity contribution >= 4 is 36.3 Å². The van der Waals surface area contributed by atoms with E-state index >= 15 is 0 Å². The minimum atomic E-state index is -3.99.